The van der Waals surface area contributed by atoms with E-state index in [0.29, 0.717) is 5.57 Å². The van der Waals surface area contributed by atoms with Crippen LogP contribution in [-0.2, 0) is 4.79 Å². The predicted octanol–water partition coefficient (Wildman–Crippen LogP) is 1.27. The minimum Gasteiger partial charge on any atom is -0.308 e. The molecule has 1 fully saturated rings. The average Bonchev–Trinajstić information content (AvgIpc) is 1.86. The number of hydrogen-bond donors (Lipinski definition) is 1. The van der Waals surface area contributed by atoms with Crippen molar-refractivity contribution in [3.8, 4) is 0 Å². The summed E-state index contributed by atoms with van der Waals surface area (Å²) in [5, 5.41) is 3.09. The number of likely N-dealkylation sites (N-methyl/N-ethyl adjacent to an activating group) is 1. The van der Waals surface area contributed by atoms with E-state index in [0.717, 1.165) is 19.3 Å². The van der Waals surface area contributed by atoms with E-state index >= 15 is 0 Å². The Labute approximate surface area is 67.7 Å². The molecule has 0 saturated heterocycles. The maximum Gasteiger partial charge on any atom is 0.177 e. The maximum atomic E-state index is 11.5. The summed E-state index contributed by atoms with van der Waals surface area (Å²) in [6, 6.07) is 0. The summed E-state index contributed by atoms with van der Waals surface area (Å²) in [5.41, 5.74) is 0.422. The summed E-state index contributed by atoms with van der Waals surface area (Å²) in [5.74, 6) is 0.186. The van der Waals surface area contributed by atoms with Crippen LogP contribution in [-0.4, -0.2) is 18.4 Å². The van der Waals surface area contributed by atoms with Crippen LogP contribution in [0.15, 0.2) is 12.2 Å². The minimum atomic E-state index is -0.244. The molecule has 1 aliphatic carbocycles. The van der Waals surface area contributed by atoms with Crippen LogP contribution in [0, 0.1) is 0 Å². The predicted molar refractivity (Wildman–Crippen MR) is 45.5 cm³/mol. The van der Waals surface area contributed by atoms with E-state index in [1.807, 2.05) is 7.05 Å². The lowest BCUT2D eigenvalue weighted by Crippen LogP contribution is -2.55. The van der Waals surface area contributed by atoms with Crippen LogP contribution in [0.25, 0.3) is 0 Å². The number of hydrogen-bond acceptors (Lipinski definition) is 2. The van der Waals surface area contributed by atoms with Crippen LogP contribution in [0.3, 0.4) is 0 Å². The van der Waals surface area contributed by atoms with Gasteiger partial charge in [-0.15, -0.1) is 0 Å². The van der Waals surface area contributed by atoms with Crippen LogP contribution in [0.4, 0.5) is 0 Å². The maximum absolute atomic E-state index is 11.5. The highest BCUT2D eigenvalue weighted by molar-refractivity contribution is 6.02. The van der Waals surface area contributed by atoms with E-state index in [1.54, 1.807) is 6.92 Å². The standard InChI is InChI=1S/C9H15NO/c1-7(2)8(11)9(10-3)5-4-6-9/h10H,1,4-6H2,2-3H3. The molecule has 1 aliphatic rings. The van der Waals surface area contributed by atoms with Gasteiger partial charge in [0.1, 0.15) is 0 Å². The molecule has 0 atom stereocenters. The molecule has 1 saturated carbocycles. The van der Waals surface area contributed by atoms with Gasteiger partial charge in [0.2, 0.25) is 0 Å². The van der Waals surface area contributed by atoms with Crippen molar-refractivity contribution in [1.29, 1.82) is 0 Å². The van der Waals surface area contributed by atoms with Crippen molar-refractivity contribution < 1.29 is 4.79 Å². The summed E-state index contributed by atoms with van der Waals surface area (Å²) in [4.78, 5) is 11.5. The molecule has 2 heteroatoms. The second-order valence-electron chi connectivity index (χ2n) is 3.30. The van der Waals surface area contributed by atoms with E-state index in [9.17, 15) is 4.79 Å². The van der Waals surface area contributed by atoms with E-state index in [1.165, 1.54) is 0 Å². The lowest BCUT2D eigenvalue weighted by Gasteiger charge is -2.40. The lowest BCUT2D eigenvalue weighted by atomic mass is 9.72. The highest BCUT2D eigenvalue weighted by Gasteiger charge is 2.42. The van der Waals surface area contributed by atoms with Gasteiger partial charge in [0.15, 0.2) is 5.78 Å². The number of rotatable bonds is 3. The summed E-state index contributed by atoms with van der Waals surface area (Å²) in [6.45, 7) is 5.44. The van der Waals surface area contributed by atoms with Gasteiger partial charge in [-0.3, -0.25) is 4.79 Å². The van der Waals surface area contributed by atoms with Gasteiger partial charge in [-0.05, 0) is 38.8 Å². The molecule has 0 heterocycles. The number of nitrogens with one attached hydrogen (secondary N) is 1. The Hall–Kier alpha value is -0.630. The number of carbonyl (C=O) groups is 1. The molecule has 0 bridgehead atoms. The van der Waals surface area contributed by atoms with Crippen LogP contribution in [0.1, 0.15) is 26.2 Å². The van der Waals surface area contributed by atoms with E-state index in [2.05, 4.69) is 11.9 Å². The first-order chi connectivity index (χ1) is 5.12. The molecular weight excluding hydrogens is 138 g/mol. The van der Waals surface area contributed by atoms with Crippen molar-refractivity contribution in [2.75, 3.05) is 7.05 Å². The number of Topliss-reactive ketones (excluding diaryl/α,β-unsaturated/α-hetero) is 1. The van der Waals surface area contributed by atoms with Crippen LogP contribution in [0.5, 0.6) is 0 Å². The fraction of sp³-hybridized carbons (Fsp3) is 0.667. The Morgan fingerprint density at radius 3 is 2.18 bits per heavy atom. The van der Waals surface area contributed by atoms with Gasteiger partial charge < -0.3 is 5.32 Å². The van der Waals surface area contributed by atoms with Crippen molar-refractivity contribution in [3.63, 3.8) is 0 Å². The van der Waals surface area contributed by atoms with Crippen LogP contribution >= 0.6 is 0 Å². The SMILES string of the molecule is C=C(C)C(=O)C1(NC)CCC1. The topological polar surface area (TPSA) is 29.1 Å². The molecule has 0 unspecified atom stereocenters. The Bertz CT molecular complexity index is 186. The first-order valence-corrected chi connectivity index (χ1v) is 4.01. The highest BCUT2D eigenvalue weighted by atomic mass is 16.1. The second-order valence-corrected chi connectivity index (χ2v) is 3.30. The van der Waals surface area contributed by atoms with Gasteiger partial charge in [-0.1, -0.05) is 6.58 Å². The third-order valence-electron chi connectivity index (χ3n) is 2.51. The zero-order valence-electron chi connectivity index (χ0n) is 7.24. The first kappa shape index (κ1) is 8.47. The molecular formula is C9H15NO. The highest BCUT2D eigenvalue weighted by Crippen LogP contribution is 2.33. The second kappa shape index (κ2) is 2.78. The smallest absolute Gasteiger partial charge is 0.177 e. The number of ketones is 1. The van der Waals surface area contributed by atoms with E-state index < -0.39 is 0 Å². The van der Waals surface area contributed by atoms with Crippen LogP contribution in [0.2, 0.25) is 0 Å². The van der Waals surface area contributed by atoms with E-state index in [4.69, 9.17) is 0 Å². The average molecular weight is 153 g/mol. The van der Waals surface area contributed by atoms with Crippen molar-refractivity contribution in [2.45, 2.75) is 31.7 Å². The molecule has 0 amide bonds. The van der Waals surface area contributed by atoms with Gasteiger partial charge in [0.25, 0.3) is 0 Å². The molecule has 1 rings (SSSR count). The minimum absolute atomic E-state index is 0.186. The van der Waals surface area contributed by atoms with Gasteiger partial charge in [-0.2, -0.15) is 0 Å². The fourth-order valence-electron chi connectivity index (χ4n) is 1.53. The van der Waals surface area contributed by atoms with E-state index in [-0.39, 0.29) is 11.3 Å². The Morgan fingerprint density at radius 2 is 2.09 bits per heavy atom. The summed E-state index contributed by atoms with van der Waals surface area (Å²) < 4.78 is 0. The van der Waals surface area contributed by atoms with Gasteiger partial charge >= 0.3 is 0 Å². The largest absolute Gasteiger partial charge is 0.308 e. The molecule has 62 valence electrons. The quantitative estimate of drug-likeness (QED) is 0.619. The number of carbonyl (C=O) groups excluding carboxylic acids is 1. The summed E-state index contributed by atoms with van der Waals surface area (Å²) in [6.07, 6.45) is 3.09. The molecule has 1 N–H and O–H groups in total. The van der Waals surface area contributed by atoms with Crippen molar-refractivity contribution in [3.05, 3.63) is 12.2 Å². The molecule has 0 aromatic rings. The zero-order chi connectivity index (χ0) is 8.48. The Balaban J connectivity index is 2.70. The third kappa shape index (κ3) is 1.23. The fourth-order valence-corrected chi connectivity index (χ4v) is 1.53. The van der Waals surface area contributed by atoms with Gasteiger partial charge in [0.05, 0.1) is 5.54 Å². The van der Waals surface area contributed by atoms with Crippen molar-refractivity contribution >= 4 is 5.78 Å². The molecule has 0 aromatic carbocycles. The molecule has 11 heavy (non-hydrogen) atoms. The summed E-state index contributed by atoms with van der Waals surface area (Å²) >= 11 is 0. The molecule has 2 nitrogen and oxygen atoms in total. The normalized spacial score (nSPS) is 20.5. The molecule has 0 spiro atoms. The molecule has 0 aromatic heterocycles. The first-order valence-electron chi connectivity index (χ1n) is 4.01. The third-order valence-corrected chi connectivity index (χ3v) is 2.51. The van der Waals surface area contributed by atoms with Crippen molar-refractivity contribution in [1.82, 2.24) is 5.32 Å². The monoisotopic (exact) mass is 153 g/mol. The van der Waals surface area contributed by atoms with Crippen molar-refractivity contribution in [2.24, 2.45) is 0 Å². The lowest BCUT2D eigenvalue weighted by molar-refractivity contribution is -0.124. The van der Waals surface area contributed by atoms with Gasteiger partial charge in [-0.25, -0.2) is 0 Å². The Morgan fingerprint density at radius 1 is 1.55 bits per heavy atom. The van der Waals surface area contributed by atoms with Crippen LogP contribution < -0.4 is 5.32 Å². The Kier molecular flexibility index (Phi) is 2.14. The summed E-state index contributed by atoms with van der Waals surface area (Å²) in [7, 11) is 1.85. The zero-order valence-corrected chi connectivity index (χ0v) is 7.24. The molecule has 0 radical (unpaired) electrons. The van der Waals surface area contributed by atoms with Gasteiger partial charge in [0, 0.05) is 0 Å². The molecule has 0 aliphatic heterocycles.